The molecule has 1 N–H and O–H groups in total. The standard InChI is InChI=1S/C24H35ClFN3O7S/c1-24(2,3)36-23(31)28(4)13-17-14-29(9-10-34-17)37(32,33)27-22(30)18-11-19(25)21(12-20(18)26)35-15-16-7-5-6-8-16/h11-12,16-17H,5-10,13-15H2,1-4H3,(H,27,30)/t17-/m0/s1. The summed E-state index contributed by atoms with van der Waals surface area (Å²) in [6, 6.07) is 2.06. The van der Waals surface area contributed by atoms with Gasteiger partial charge in [-0.2, -0.15) is 12.7 Å². The molecule has 3 rings (SSSR count). The number of nitrogens with one attached hydrogen (secondary N) is 1. The van der Waals surface area contributed by atoms with Gasteiger partial charge in [0.25, 0.3) is 5.91 Å². The van der Waals surface area contributed by atoms with E-state index < -0.39 is 45.3 Å². The van der Waals surface area contributed by atoms with Crippen LogP contribution in [0.25, 0.3) is 0 Å². The van der Waals surface area contributed by atoms with Gasteiger partial charge >= 0.3 is 16.3 Å². The Labute approximate surface area is 222 Å². The smallest absolute Gasteiger partial charge is 0.410 e. The van der Waals surface area contributed by atoms with Crippen molar-refractivity contribution in [3.05, 3.63) is 28.5 Å². The highest BCUT2D eigenvalue weighted by Gasteiger charge is 2.33. The first-order chi connectivity index (χ1) is 17.2. The third-order valence-electron chi connectivity index (χ3n) is 6.06. The zero-order valence-corrected chi connectivity index (χ0v) is 23.2. The molecule has 0 bridgehead atoms. The molecule has 0 spiro atoms. The van der Waals surface area contributed by atoms with E-state index in [4.69, 9.17) is 25.8 Å². The molecule has 1 aliphatic carbocycles. The second-order valence-corrected chi connectivity index (χ2v) is 12.4. The van der Waals surface area contributed by atoms with Crippen molar-refractivity contribution in [3.63, 3.8) is 0 Å². The summed E-state index contributed by atoms with van der Waals surface area (Å²) in [5, 5.41) is 0.0126. The highest BCUT2D eigenvalue weighted by atomic mass is 35.5. The Balaban J connectivity index is 1.60. The summed E-state index contributed by atoms with van der Waals surface area (Å²) in [7, 11) is -2.82. The van der Waals surface area contributed by atoms with Gasteiger partial charge in [-0.25, -0.2) is 13.9 Å². The van der Waals surface area contributed by atoms with Crippen molar-refractivity contribution >= 4 is 33.8 Å². The number of nitrogens with zero attached hydrogens (tertiary/aromatic N) is 2. The fraction of sp³-hybridized carbons (Fsp3) is 0.667. The highest BCUT2D eigenvalue weighted by Crippen LogP contribution is 2.31. The molecule has 2 fully saturated rings. The predicted molar refractivity (Wildman–Crippen MR) is 135 cm³/mol. The minimum atomic E-state index is -4.33. The lowest BCUT2D eigenvalue weighted by atomic mass is 10.1. The minimum Gasteiger partial charge on any atom is -0.492 e. The zero-order valence-electron chi connectivity index (χ0n) is 21.6. The molecule has 1 aromatic carbocycles. The Morgan fingerprint density at radius 1 is 1.27 bits per heavy atom. The SMILES string of the molecule is CN(C[C@H]1CN(S(=O)(=O)NC(=O)c2cc(Cl)c(OCC3CCCC3)cc2F)CCO1)C(=O)OC(C)(C)C. The molecule has 0 unspecified atom stereocenters. The lowest BCUT2D eigenvalue weighted by Gasteiger charge is -2.34. The highest BCUT2D eigenvalue weighted by molar-refractivity contribution is 7.87. The second-order valence-electron chi connectivity index (χ2n) is 10.4. The van der Waals surface area contributed by atoms with Crippen LogP contribution in [0, 0.1) is 11.7 Å². The van der Waals surface area contributed by atoms with E-state index in [2.05, 4.69) is 0 Å². The van der Waals surface area contributed by atoms with Crippen LogP contribution in [0.3, 0.4) is 0 Å². The summed E-state index contributed by atoms with van der Waals surface area (Å²) in [4.78, 5) is 26.2. The number of rotatable bonds is 8. The topological polar surface area (TPSA) is 114 Å². The Morgan fingerprint density at radius 3 is 2.59 bits per heavy atom. The average Bonchev–Trinajstić information content (AvgIpc) is 3.31. The molecule has 13 heteroatoms. The van der Waals surface area contributed by atoms with Gasteiger partial charge in [-0.3, -0.25) is 4.79 Å². The van der Waals surface area contributed by atoms with Crippen LogP contribution >= 0.6 is 11.6 Å². The van der Waals surface area contributed by atoms with Gasteiger partial charge < -0.3 is 19.1 Å². The lowest BCUT2D eigenvalue weighted by molar-refractivity contribution is -0.0248. The normalized spacial score (nSPS) is 19.5. The van der Waals surface area contributed by atoms with Gasteiger partial charge in [0.1, 0.15) is 17.2 Å². The molecule has 1 saturated heterocycles. The van der Waals surface area contributed by atoms with Crippen LogP contribution in [0.15, 0.2) is 12.1 Å². The average molecular weight is 564 g/mol. The fourth-order valence-corrected chi connectivity index (χ4v) is 5.54. The van der Waals surface area contributed by atoms with Gasteiger partial charge in [0.2, 0.25) is 0 Å². The van der Waals surface area contributed by atoms with Gasteiger partial charge in [-0.05, 0) is 45.6 Å². The van der Waals surface area contributed by atoms with E-state index in [-0.39, 0.29) is 37.0 Å². The van der Waals surface area contributed by atoms with Crippen LogP contribution in [-0.4, -0.2) is 81.2 Å². The van der Waals surface area contributed by atoms with E-state index in [1.807, 2.05) is 4.72 Å². The molecule has 2 amide bonds. The lowest BCUT2D eigenvalue weighted by Crippen LogP contribution is -2.53. The number of hydrogen-bond donors (Lipinski definition) is 1. The number of amides is 2. The van der Waals surface area contributed by atoms with Crippen LogP contribution in [0.4, 0.5) is 9.18 Å². The van der Waals surface area contributed by atoms with E-state index in [1.54, 1.807) is 20.8 Å². The molecule has 0 aromatic heterocycles. The molecule has 37 heavy (non-hydrogen) atoms. The van der Waals surface area contributed by atoms with Crippen molar-refractivity contribution in [3.8, 4) is 5.75 Å². The fourth-order valence-electron chi connectivity index (χ4n) is 4.18. The number of halogens is 2. The summed E-state index contributed by atoms with van der Waals surface area (Å²) in [6.45, 7) is 5.59. The Hall–Kier alpha value is -2.15. The summed E-state index contributed by atoms with van der Waals surface area (Å²) >= 11 is 6.19. The molecule has 1 heterocycles. The third kappa shape index (κ3) is 8.42. The third-order valence-corrected chi connectivity index (χ3v) is 7.81. The zero-order chi connectivity index (χ0) is 27.4. The monoisotopic (exact) mass is 563 g/mol. The number of carbonyl (C=O) groups is 2. The molecule has 1 aliphatic heterocycles. The number of hydrogen-bond acceptors (Lipinski definition) is 7. The number of ether oxygens (including phenoxy) is 3. The first-order valence-electron chi connectivity index (χ1n) is 12.2. The Morgan fingerprint density at radius 2 is 1.95 bits per heavy atom. The Kier molecular flexibility index (Phi) is 9.65. The molecule has 208 valence electrons. The van der Waals surface area contributed by atoms with Crippen molar-refractivity contribution in [2.75, 3.05) is 39.9 Å². The number of likely N-dealkylation sites (N-methyl/N-ethyl adjacent to an activating group) is 1. The van der Waals surface area contributed by atoms with Crippen LogP contribution in [-0.2, 0) is 19.7 Å². The number of carbonyl (C=O) groups excluding carboxylic acids is 2. The van der Waals surface area contributed by atoms with Crippen molar-refractivity contribution in [1.82, 2.24) is 13.9 Å². The maximum atomic E-state index is 14.7. The van der Waals surface area contributed by atoms with Gasteiger partial charge in [0.15, 0.2) is 0 Å². The molecule has 2 aliphatic rings. The van der Waals surface area contributed by atoms with Crippen LogP contribution in [0.1, 0.15) is 56.8 Å². The maximum Gasteiger partial charge on any atom is 0.410 e. The second kappa shape index (κ2) is 12.1. The quantitative estimate of drug-likeness (QED) is 0.514. The molecular weight excluding hydrogens is 529 g/mol. The van der Waals surface area contributed by atoms with Gasteiger partial charge in [0.05, 0.1) is 36.4 Å². The van der Waals surface area contributed by atoms with Crippen LogP contribution < -0.4 is 9.46 Å². The Bertz CT molecular complexity index is 1090. The largest absolute Gasteiger partial charge is 0.492 e. The van der Waals surface area contributed by atoms with Gasteiger partial charge in [-0.15, -0.1) is 0 Å². The number of morpholine rings is 1. The van der Waals surface area contributed by atoms with Crippen molar-refractivity contribution in [1.29, 1.82) is 0 Å². The van der Waals surface area contributed by atoms with Crippen molar-refractivity contribution < 1.29 is 36.6 Å². The molecule has 10 nitrogen and oxygen atoms in total. The van der Waals surface area contributed by atoms with Gasteiger partial charge in [0, 0.05) is 26.2 Å². The first kappa shape index (κ1) is 29.4. The van der Waals surface area contributed by atoms with E-state index in [0.717, 1.165) is 42.1 Å². The van der Waals surface area contributed by atoms with Crippen LogP contribution in [0.5, 0.6) is 5.75 Å². The summed E-state index contributed by atoms with van der Waals surface area (Å²) in [5.74, 6) is -1.61. The van der Waals surface area contributed by atoms with Crippen molar-refractivity contribution in [2.24, 2.45) is 5.92 Å². The predicted octanol–water partition coefficient (Wildman–Crippen LogP) is 3.59. The molecular formula is C24H35ClFN3O7S. The van der Waals surface area contributed by atoms with Gasteiger partial charge in [-0.1, -0.05) is 24.4 Å². The molecule has 1 atom stereocenters. The van der Waals surface area contributed by atoms with Crippen molar-refractivity contribution in [2.45, 2.75) is 58.2 Å². The molecule has 1 aromatic rings. The van der Waals surface area contributed by atoms with E-state index in [1.165, 1.54) is 11.9 Å². The summed E-state index contributed by atoms with van der Waals surface area (Å²) < 4.78 is 59.9. The molecule has 1 saturated carbocycles. The first-order valence-corrected chi connectivity index (χ1v) is 14.1. The molecule has 0 radical (unpaired) electrons. The number of benzene rings is 1. The minimum absolute atomic E-state index is 0.0126. The van der Waals surface area contributed by atoms with E-state index >= 15 is 0 Å². The maximum absolute atomic E-state index is 14.7. The van der Waals surface area contributed by atoms with E-state index in [9.17, 15) is 22.4 Å². The van der Waals surface area contributed by atoms with Crippen LogP contribution in [0.2, 0.25) is 5.02 Å². The summed E-state index contributed by atoms with van der Waals surface area (Å²) in [6.07, 6.45) is 3.12. The van der Waals surface area contributed by atoms with E-state index in [0.29, 0.717) is 12.5 Å². The summed E-state index contributed by atoms with van der Waals surface area (Å²) in [5.41, 5.74) is -1.20.